The van der Waals surface area contributed by atoms with Gasteiger partial charge < -0.3 is 4.74 Å². The van der Waals surface area contributed by atoms with Crippen LogP contribution in [0.4, 0.5) is 5.13 Å². The molecule has 2 aromatic rings. The highest BCUT2D eigenvalue weighted by atomic mass is 32.1. The molecule has 0 saturated heterocycles. The Morgan fingerprint density at radius 1 is 1.32 bits per heavy atom. The van der Waals surface area contributed by atoms with Crippen LogP contribution in [0.5, 0.6) is 5.75 Å². The summed E-state index contributed by atoms with van der Waals surface area (Å²) in [4.78, 5) is 11.7. The smallest absolute Gasteiger partial charge is 0.264 e. The van der Waals surface area contributed by atoms with Gasteiger partial charge in [-0.15, -0.1) is 10.2 Å². The van der Waals surface area contributed by atoms with Gasteiger partial charge in [-0.05, 0) is 25.5 Å². The average Bonchev–Trinajstić information content (AvgIpc) is 2.86. The Kier molecular flexibility index (Phi) is 4.46. The van der Waals surface area contributed by atoms with E-state index in [4.69, 9.17) is 4.74 Å². The summed E-state index contributed by atoms with van der Waals surface area (Å²) in [6.45, 7) is 3.95. The molecule has 1 aromatic carbocycles. The fourth-order valence-electron chi connectivity index (χ4n) is 1.39. The highest BCUT2D eigenvalue weighted by Gasteiger charge is 2.07. The molecule has 6 heteroatoms. The molecule has 0 aliphatic heterocycles. The van der Waals surface area contributed by atoms with Crippen molar-refractivity contribution in [1.82, 2.24) is 10.2 Å². The number of aromatic nitrogens is 2. The molecule has 1 amide bonds. The first kappa shape index (κ1) is 13.5. The average molecular weight is 277 g/mol. The Morgan fingerprint density at radius 3 is 2.68 bits per heavy atom. The minimum Gasteiger partial charge on any atom is -0.484 e. The van der Waals surface area contributed by atoms with Crippen molar-refractivity contribution in [2.45, 2.75) is 20.3 Å². The quantitative estimate of drug-likeness (QED) is 0.911. The number of rotatable bonds is 5. The maximum atomic E-state index is 11.7. The summed E-state index contributed by atoms with van der Waals surface area (Å²) in [6, 6.07) is 7.54. The number of carbonyl (C=O) groups excluding carboxylic acids is 1. The molecule has 0 saturated carbocycles. The SMILES string of the molecule is CCc1nnc(NC(=O)COc2ccc(C)cc2)s1. The third kappa shape index (κ3) is 4.03. The van der Waals surface area contributed by atoms with E-state index in [1.54, 1.807) is 0 Å². The van der Waals surface area contributed by atoms with Crippen LogP contribution in [0.1, 0.15) is 17.5 Å². The molecule has 100 valence electrons. The van der Waals surface area contributed by atoms with Crippen LogP contribution in [0.25, 0.3) is 0 Å². The summed E-state index contributed by atoms with van der Waals surface area (Å²) in [5.74, 6) is 0.437. The number of hydrogen-bond donors (Lipinski definition) is 1. The summed E-state index contributed by atoms with van der Waals surface area (Å²) >= 11 is 1.38. The fourth-order valence-corrected chi connectivity index (χ4v) is 2.08. The van der Waals surface area contributed by atoms with E-state index >= 15 is 0 Å². The predicted octanol–water partition coefficient (Wildman–Crippen LogP) is 2.43. The molecule has 1 heterocycles. The first-order chi connectivity index (χ1) is 9.17. The van der Waals surface area contributed by atoms with Crippen molar-refractivity contribution < 1.29 is 9.53 Å². The zero-order valence-corrected chi connectivity index (χ0v) is 11.7. The number of anilines is 1. The summed E-state index contributed by atoms with van der Waals surface area (Å²) in [5.41, 5.74) is 1.15. The molecule has 0 bridgehead atoms. The van der Waals surface area contributed by atoms with E-state index < -0.39 is 0 Å². The lowest BCUT2D eigenvalue weighted by molar-refractivity contribution is -0.118. The molecule has 2 rings (SSSR count). The number of hydrogen-bond acceptors (Lipinski definition) is 5. The normalized spacial score (nSPS) is 10.2. The van der Waals surface area contributed by atoms with Crippen molar-refractivity contribution in [2.24, 2.45) is 0 Å². The molecule has 0 spiro atoms. The third-order valence-corrected chi connectivity index (χ3v) is 3.39. The Bertz CT molecular complexity index is 551. The second-order valence-corrected chi connectivity index (χ2v) is 5.07. The summed E-state index contributed by atoms with van der Waals surface area (Å²) < 4.78 is 5.37. The molecule has 1 N–H and O–H groups in total. The molecule has 0 radical (unpaired) electrons. The highest BCUT2D eigenvalue weighted by molar-refractivity contribution is 7.15. The van der Waals surface area contributed by atoms with Gasteiger partial charge in [0.25, 0.3) is 5.91 Å². The van der Waals surface area contributed by atoms with Crippen molar-refractivity contribution in [3.05, 3.63) is 34.8 Å². The van der Waals surface area contributed by atoms with Crippen LogP contribution >= 0.6 is 11.3 Å². The minimum absolute atomic E-state index is 0.0376. The van der Waals surface area contributed by atoms with Crippen molar-refractivity contribution in [2.75, 3.05) is 11.9 Å². The van der Waals surface area contributed by atoms with E-state index in [0.29, 0.717) is 10.9 Å². The summed E-state index contributed by atoms with van der Waals surface area (Å²) in [7, 11) is 0. The molecule has 1 aromatic heterocycles. The Hall–Kier alpha value is -1.95. The second kappa shape index (κ2) is 6.29. The zero-order chi connectivity index (χ0) is 13.7. The van der Waals surface area contributed by atoms with Gasteiger partial charge in [0.15, 0.2) is 6.61 Å². The summed E-state index contributed by atoms with van der Waals surface area (Å²) in [5, 5.41) is 11.9. The van der Waals surface area contributed by atoms with Crippen LogP contribution in [0.15, 0.2) is 24.3 Å². The number of nitrogens with zero attached hydrogens (tertiary/aromatic N) is 2. The number of amides is 1. The highest BCUT2D eigenvalue weighted by Crippen LogP contribution is 2.15. The number of ether oxygens (including phenoxy) is 1. The summed E-state index contributed by atoms with van der Waals surface area (Å²) in [6.07, 6.45) is 0.813. The van der Waals surface area contributed by atoms with E-state index in [-0.39, 0.29) is 12.5 Å². The first-order valence-electron chi connectivity index (χ1n) is 5.99. The van der Waals surface area contributed by atoms with Gasteiger partial charge in [0, 0.05) is 0 Å². The molecule has 0 aliphatic carbocycles. The predicted molar refractivity (Wildman–Crippen MR) is 74.6 cm³/mol. The van der Waals surface area contributed by atoms with Gasteiger partial charge in [0.2, 0.25) is 5.13 Å². The third-order valence-electron chi connectivity index (χ3n) is 2.41. The lowest BCUT2D eigenvalue weighted by Crippen LogP contribution is -2.20. The zero-order valence-electron chi connectivity index (χ0n) is 10.8. The molecule has 5 nitrogen and oxygen atoms in total. The Morgan fingerprint density at radius 2 is 2.05 bits per heavy atom. The number of nitrogens with one attached hydrogen (secondary N) is 1. The van der Waals surface area contributed by atoms with Gasteiger partial charge in [-0.2, -0.15) is 0 Å². The number of aryl methyl sites for hydroxylation is 2. The minimum atomic E-state index is -0.237. The second-order valence-electron chi connectivity index (χ2n) is 4.00. The van der Waals surface area contributed by atoms with Gasteiger partial charge in [0.05, 0.1) is 0 Å². The van der Waals surface area contributed by atoms with Crippen LogP contribution in [-0.4, -0.2) is 22.7 Å². The standard InChI is InChI=1S/C13H15N3O2S/c1-3-12-15-16-13(19-12)14-11(17)8-18-10-6-4-9(2)5-7-10/h4-7H,3,8H2,1-2H3,(H,14,16,17). The molecule has 19 heavy (non-hydrogen) atoms. The lowest BCUT2D eigenvalue weighted by Gasteiger charge is -2.05. The van der Waals surface area contributed by atoms with E-state index in [0.717, 1.165) is 17.0 Å². The molecular formula is C13H15N3O2S. The van der Waals surface area contributed by atoms with Crippen LogP contribution in [-0.2, 0) is 11.2 Å². The lowest BCUT2D eigenvalue weighted by atomic mass is 10.2. The molecule has 0 atom stereocenters. The van der Waals surface area contributed by atoms with Crippen molar-refractivity contribution in [1.29, 1.82) is 0 Å². The van der Waals surface area contributed by atoms with E-state index in [2.05, 4.69) is 15.5 Å². The Balaban J connectivity index is 1.82. The molecular weight excluding hydrogens is 262 g/mol. The molecule has 0 fully saturated rings. The maximum Gasteiger partial charge on any atom is 0.264 e. The van der Waals surface area contributed by atoms with E-state index in [1.165, 1.54) is 11.3 Å². The number of benzene rings is 1. The largest absolute Gasteiger partial charge is 0.484 e. The van der Waals surface area contributed by atoms with Crippen LogP contribution in [0.2, 0.25) is 0 Å². The van der Waals surface area contributed by atoms with Gasteiger partial charge in [-0.3, -0.25) is 10.1 Å². The van der Waals surface area contributed by atoms with Crippen LogP contribution in [0.3, 0.4) is 0 Å². The van der Waals surface area contributed by atoms with Gasteiger partial charge >= 0.3 is 0 Å². The molecule has 0 unspecified atom stereocenters. The van der Waals surface area contributed by atoms with Crippen LogP contribution in [0, 0.1) is 6.92 Å². The van der Waals surface area contributed by atoms with Gasteiger partial charge in [0.1, 0.15) is 10.8 Å². The molecule has 0 aliphatic rings. The van der Waals surface area contributed by atoms with Crippen molar-refractivity contribution in [3.8, 4) is 5.75 Å². The topological polar surface area (TPSA) is 64.1 Å². The number of carbonyl (C=O) groups is 1. The van der Waals surface area contributed by atoms with Crippen LogP contribution < -0.4 is 10.1 Å². The Labute approximate surface area is 115 Å². The maximum absolute atomic E-state index is 11.7. The van der Waals surface area contributed by atoms with E-state index in [1.807, 2.05) is 38.1 Å². The van der Waals surface area contributed by atoms with Crippen molar-refractivity contribution >= 4 is 22.4 Å². The monoisotopic (exact) mass is 277 g/mol. The van der Waals surface area contributed by atoms with E-state index in [9.17, 15) is 4.79 Å². The van der Waals surface area contributed by atoms with Gasteiger partial charge in [-0.1, -0.05) is 36.0 Å². The fraction of sp³-hybridized carbons (Fsp3) is 0.308. The first-order valence-corrected chi connectivity index (χ1v) is 6.80. The van der Waals surface area contributed by atoms with Gasteiger partial charge in [-0.25, -0.2) is 0 Å². The van der Waals surface area contributed by atoms with Crippen molar-refractivity contribution in [3.63, 3.8) is 0 Å².